The number of carbonyl (C=O) groups excluding carboxylic acids is 1. The largest absolute Gasteiger partial charge is 0.381 e. The van der Waals surface area contributed by atoms with Crippen LogP contribution in [0.1, 0.15) is 29.3 Å². The van der Waals surface area contributed by atoms with E-state index in [-0.39, 0.29) is 5.91 Å². The predicted molar refractivity (Wildman–Crippen MR) is 78.5 cm³/mol. The molecule has 1 saturated heterocycles. The van der Waals surface area contributed by atoms with Gasteiger partial charge in [0, 0.05) is 35.3 Å². The van der Waals surface area contributed by atoms with Gasteiger partial charge in [-0.3, -0.25) is 4.79 Å². The molecule has 0 spiro atoms. The smallest absolute Gasteiger partial charge is 0.251 e. The average molecular weight is 264 g/mol. The van der Waals surface area contributed by atoms with Crippen molar-refractivity contribution in [3.63, 3.8) is 0 Å². The van der Waals surface area contributed by atoms with Crippen molar-refractivity contribution in [2.45, 2.75) is 31.6 Å². The zero-order valence-electron chi connectivity index (χ0n) is 11.1. The van der Waals surface area contributed by atoms with Crippen molar-refractivity contribution in [2.24, 2.45) is 0 Å². The van der Waals surface area contributed by atoms with E-state index in [0.29, 0.717) is 6.04 Å². The van der Waals surface area contributed by atoms with E-state index in [1.54, 1.807) is 7.05 Å². The number of carbonyl (C=O) groups is 1. The lowest BCUT2D eigenvalue weighted by Crippen LogP contribution is -2.22. The number of anilines is 1. The van der Waals surface area contributed by atoms with Crippen LogP contribution in [-0.2, 0) is 0 Å². The molecule has 0 bridgehead atoms. The first-order chi connectivity index (χ1) is 8.61. The molecule has 0 saturated carbocycles. The third kappa shape index (κ3) is 2.80. The van der Waals surface area contributed by atoms with Crippen LogP contribution in [0.2, 0.25) is 0 Å². The molecular formula is C14H20N2OS. The summed E-state index contributed by atoms with van der Waals surface area (Å²) in [5.74, 6) is 1.12. The fourth-order valence-electron chi connectivity index (χ4n) is 2.31. The summed E-state index contributed by atoms with van der Waals surface area (Å²) in [6, 6.07) is 6.37. The van der Waals surface area contributed by atoms with Gasteiger partial charge in [0.05, 0.1) is 0 Å². The van der Waals surface area contributed by atoms with Crippen LogP contribution in [0, 0.1) is 6.92 Å². The highest BCUT2D eigenvalue weighted by atomic mass is 32.2. The summed E-state index contributed by atoms with van der Waals surface area (Å²) in [5.41, 5.74) is 2.86. The topological polar surface area (TPSA) is 41.1 Å². The van der Waals surface area contributed by atoms with Gasteiger partial charge >= 0.3 is 0 Å². The molecule has 0 radical (unpaired) electrons. The molecule has 1 fully saturated rings. The Morgan fingerprint density at radius 3 is 2.83 bits per heavy atom. The number of hydrogen-bond acceptors (Lipinski definition) is 3. The van der Waals surface area contributed by atoms with Crippen LogP contribution >= 0.6 is 11.8 Å². The Morgan fingerprint density at radius 1 is 1.44 bits per heavy atom. The molecule has 1 aromatic carbocycles. The zero-order valence-corrected chi connectivity index (χ0v) is 11.9. The fraction of sp³-hybridized carbons (Fsp3) is 0.500. The van der Waals surface area contributed by atoms with Gasteiger partial charge in [0.25, 0.3) is 5.91 Å². The number of thioether (sulfide) groups is 1. The Morgan fingerprint density at radius 2 is 2.22 bits per heavy atom. The molecule has 3 nitrogen and oxygen atoms in total. The first kappa shape index (κ1) is 13.3. The van der Waals surface area contributed by atoms with E-state index in [1.165, 1.54) is 6.42 Å². The van der Waals surface area contributed by atoms with Crippen LogP contribution in [0.25, 0.3) is 0 Å². The average Bonchev–Trinajstić information content (AvgIpc) is 2.76. The molecule has 2 rings (SSSR count). The van der Waals surface area contributed by atoms with Crippen LogP contribution in [-0.4, -0.2) is 30.0 Å². The van der Waals surface area contributed by atoms with E-state index in [9.17, 15) is 4.79 Å². The van der Waals surface area contributed by atoms with Gasteiger partial charge in [-0.05, 0) is 31.0 Å². The first-order valence-corrected chi connectivity index (χ1v) is 7.36. The molecular weight excluding hydrogens is 244 g/mol. The maximum absolute atomic E-state index is 11.7. The van der Waals surface area contributed by atoms with Crippen LogP contribution < -0.4 is 10.6 Å². The molecule has 1 amide bonds. The summed E-state index contributed by atoms with van der Waals surface area (Å²) in [5, 5.41) is 6.96. The SMILES string of the molecule is CNC(=O)c1cccc(NC2CSC(C)C2)c1C. The first-order valence-electron chi connectivity index (χ1n) is 6.31. The monoisotopic (exact) mass is 264 g/mol. The number of nitrogens with one attached hydrogen (secondary N) is 2. The molecule has 2 atom stereocenters. The summed E-state index contributed by atoms with van der Waals surface area (Å²) >= 11 is 2.00. The second-order valence-electron chi connectivity index (χ2n) is 4.78. The van der Waals surface area contributed by atoms with Gasteiger partial charge in [0.1, 0.15) is 0 Å². The zero-order chi connectivity index (χ0) is 13.1. The van der Waals surface area contributed by atoms with Crippen LogP contribution in [0.15, 0.2) is 18.2 Å². The highest BCUT2D eigenvalue weighted by Crippen LogP contribution is 2.29. The van der Waals surface area contributed by atoms with Gasteiger partial charge in [0.15, 0.2) is 0 Å². The fourth-order valence-corrected chi connectivity index (χ4v) is 3.46. The van der Waals surface area contributed by atoms with Crippen molar-refractivity contribution >= 4 is 23.4 Å². The van der Waals surface area contributed by atoms with E-state index >= 15 is 0 Å². The lowest BCUT2D eigenvalue weighted by Gasteiger charge is -2.17. The molecule has 2 unspecified atom stereocenters. The summed E-state index contributed by atoms with van der Waals surface area (Å²) in [7, 11) is 1.66. The van der Waals surface area contributed by atoms with Crippen LogP contribution in [0.5, 0.6) is 0 Å². The Balaban J connectivity index is 2.16. The summed E-state index contributed by atoms with van der Waals surface area (Å²) in [6.07, 6.45) is 1.19. The lowest BCUT2D eigenvalue weighted by atomic mass is 10.0. The Labute approximate surface area is 113 Å². The van der Waals surface area contributed by atoms with E-state index in [1.807, 2.05) is 30.8 Å². The number of hydrogen-bond donors (Lipinski definition) is 2. The van der Waals surface area contributed by atoms with E-state index in [4.69, 9.17) is 0 Å². The summed E-state index contributed by atoms with van der Waals surface area (Å²) in [6.45, 7) is 4.26. The number of benzene rings is 1. The lowest BCUT2D eigenvalue weighted by molar-refractivity contribution is 0.0962. The molecule has 18 heavy (non-hydrogen) atoms. The van der Waals surface area contributed by atoms with Gasteiger partial charge in [-0.15, -0.1) is 0 Å². The molecule has 1 aromatic rings. The quantitative estimate of drug-likeness (QED) is 0.882. The highest BCUT2D eigenvalue weighted by molar-refractivity contribution is 8.00. The maximum Gasteiger partial charge on any atom is 0.251 e. The van der Waals surface area contributed by atoms with Gasteiger partial charge < -0.3 is 10.6 Å². The molecule has 2 N–H and O–H groups in total. The molecule has 1 aliphatic rings. The normalized spacial score (nSPS) is 22.8. The molecule has 4 heteroatoms. The van der Waals surface area contributed by atoms with Gasteiger partial charge in [-0.2, -0.15) is 11.8 Å². The Bertz CT molecular complexity index is 447. The van der Waals surface area contributed by atoms with Crippen molar-refractivity contribution in [2.75, 3.05) is 18.1 Å². The molecule has 1 heterocycles. The minimum Gasteiger partial charge on any atom is -0.381 e. The maximum atomic E-state index is 11.7. The van der Waals surface area contributed by atoms with Crippen molar-refractivity contribution in [3.8, 4) is 0 Å². The van der Waals surface area contributed by atoms with Gasteiger partial charge in [-0.1, -0.05) is 13.0 Å². The number of amides is 1. The third-order valence-electron chi connectivity index (χ3n) is 3.36. The highest BCUT2D eigenvalue weighted by Gasteiger charge is 2.22. The van der Waals surface area contributed by atoms with E-state index in [0.717, 1.165) is 27.8 Å². The predicted octanol–water partition coefficient (Wildman–Crippen LogP) is 2.66. The summed E-state index contributed by atoms with van der Waals surface area (Å²) in [4.78, 5) is 11.7. The van der Waals surface area contributed by atoms with Crippen molar-refractivity contribution in [1.29, 1.82) is 0 Å². The van der Waals surface area contributed by atoms with Crippen LogP contribution in [0.4, 0.5) is 5.69 Å². The van der Waals surface area contributed by atoms with Gasteiger partial charge in [0.2, 0.25) is 0 Å². The van der Waals surface area contributed by atoms with Crippen molar-refractivity contribution in [1.82, 2.24) is 5.32 Å². The van der Waals surface area contributed by atoms with Gasteiger partial charge in [-0.25, -0.2) is 0 Å². The third-order valence-corrected chi connectivity index (χ3v) is 4.72. The minimum absolute atomic E-state index is 0.0229. The van der Waals surface area contributed by atoms with E-state index in [2.05, 4.69) is 23.6 Å². The Hall–Kier alpha value is -1.16. The second kappa shape index (κ2) is 5.65. The Kier molecular flexibility index (Phi) is 4.17. The van der Waals surface area contributed by atoms with Crippen molar-refractivity contribution < 1.29 is 4.79 Å². The minimum atomic E-state index is -0.0229. The van der Waals surface area contributed by atoms with Crippen LogP contribution in [0.3, 0.4) is 0 Å². The number of rotatable bonds is 3. The standard InChI is InChI=1S/C14H20N2OS/c1-9-7-11(8-18-9)16-13-6-4-5-12(10(13)2)14(17)15-3/h4-6,9,11,16H,7-8H2,1-3H3,(H,15,17). The molecule has 98 valence electrons. The molecule has 0 aromatic heterocycles. The summed E-state index contributed by atoms with van der Waals surface area (Å²) < 4.78 is 0. The molecule has 0 aliphatic carbocycles. The van der Waals surface area contributed by atoms with E-state index < -0.39 is 0 Å². The second-order valence-corrected chi connectivity index (χ2v) is 6.25. The molecule has 1 aliphatic heterocycles. The van der Waals surface area contributed by atoms with Crippen molar-refractivity contribution in [3.05, 3.63) is 29.3 Å².